The number of rotatable bonds is 6. The lowest BCUT2D eigenvalue weighted by molar-refractivity contribution is -0.0301. The lowest BCUT2D eigenvalue weighted by Gasteiger charge is -2.51. The third-order valence-corrected chi connectivity index (χ3v) is 9.81. The fourth-order valence-corrected chi connectivity index (χ4v) is 4.28. The third-order valence-electron chi connectivity index (χ3n) is 5.33. The number of hydrogen-bond acceptors (Lipinski definition) is 1. The molecule has 1 aliphatic rings. The van der Waals surface area contributed by atoms with Crippen LogP contribution in [0.2, 0.25) is 18.1 Å². The molecule has 2 heteroatoms. The van der Waals surface area contributed by atoms with Crippen LogP contribution < -0.4 is 0 Å². The molecule has 0 bridgehead atoms. The van der Waals surface area contributed by atoms with Gasteiger partial charge in [0, 0.05) is 6.42 Å². The predicted octanol–water partition coefficient (Wildman–Crippen LogP) is 5.37. The molecule has 0 saturated heterocycles. The maximum atomic E-state index is 6.70. The van der Waals surface area contributed by atoms with Crippen LogP contribution in [0.5, 0.6) is 0 Å². The fraction of sp³-hybridized carbons (Fsp3) is 0.882. The second-order valence-corrected chi connectivity index (χ2v) is 12.5. The van der Waals surface area contributed by atoms with Crippen molar-refractivity contribution in [2.24, 2.45) is 5.41 Å². The van der Waals surface area contributed by atoms with Crippen LogP contribution in [0.1, 0.15) is 66.2 Å². The molecule has 0 amide bonds. The first-order valence-electron chi connectivity index (χ1n) is 7.80. The van der Waals surface area contributed by atoms with E-state index in [1.807, 2.05) is 0 Å². The van der Waals surface area contributed by atoms with E-state index in [-0.39, 0.29) is 11.1 Å². The fourth-order valence-electron chi connectivity index (χ4n) is 2.88. The van der Waals surface area contributed by atoms with Gasteiger partial charge in [0.05, 0.1) is 6.10 Å². The van der Waals surface area contributed by atoms with E-state index in [4.69, 9.17) is 10.8 Å². The summed E-state index contributed by atoms with van der Waals surface area (Å²) in [6.07, 6.45) is 13.2. The summed E-state index contributed by atoms with van der Waals surface area (Å²) >= 11 is 0. The van der Waals surface area contributed by atoms with E-state index in [2.05, 4.69) is 46.7 Å². The Kier molecular flexibility index (Phi) is 5.32. The van der Waals surface area contributed by atoms with Gasteiger partial charge < -0.3 is 4.43 Å². The molecule has 1 fully saturated rings. The Morgan fingerprint density at radius 2 is 1.89 bits per heavy atom. The van der Waals surface area contributed by atoms with Gasteiger partial charge in [0.1, 0.15) is 0 Å². The van der Waals surface area contributed by atoms with E-state index in [0.29, 0.717) is 5.41 Å². The summed E-state index contributed by atoms with van der Waals surface area (Å²) in [7, 11) is -1.72. The molecule has 19 heavy (non-hydrogen) atoms. The molecule has 0 unspecified atom stereocenters. The van der Waals surface area contributed by atoms with Crippen molar-refractivity contribution in [2.45, 2.75) is 90.5 Å². The van der Waals surface area contributed by atoms with Crippen molar-refractivity contribution in [3.05, 3.63) is 0 Å². The Hall–Kier alpha value is -0.263. The highest BCUT2D eigenvalue weighted by atomic mass is 28.4. The van der Waals surface area contributed by atoms with Gasteiger partial charge in [-0.15, -0.1) is 12.3 Å². The molecule has 0 aromatic heterocycles. The molecule has 0 spiro atoms. The van der Waals surface area contributed by atoms with Crippen LogP contribution in [0, 0.1) is 17.8 Å². The SMILES string of the molecule is C#CC[C@H](O[Si](C)(C)C(C)(C)C)C1(CCC)CCC1. The minimum absolute atomic E-state index is 0.261. The molecule has 0 aromatic rings. The summed E-state index contributed by atoms with van der Waals surface area (Å²) < 4.78 is 6.70. The lowest BCUT2D eigenvalue weighted by Crippen LogP contribution is -2.51. The van der Waals surface area contributed by atoms with Gasteiger partial charge in [-0.3, -0.25) is 0 Å². The van der Waals surface area contributed by atoms with Gasteiger partial charge in [-0.25, -0.2) is 0 Å². The molecule has 0 aliphatic heterocycles. The first-order valence-corrected chi connectivity index (χ1v) is 10.7. The summed E-state index contributed by atoms with van der Waals surface area (Å²) in [5.41, 5.74) is 0.386. The van der Waals surface area contributed by atoms with Gasteiger partial charge in [0.15, 0.2) is 8.32 Å². The molecule has 110 valence electrons. The minimum atomic E-state index is -1.72. The molecule has 0 N–H and O–H groups in total. The van der Waals surface area contributed by atoms with E-state index in [9.17, 15) is 0 Å². The van der Waals surface area contributed by atoms with Crippen LogP contribution in [0.3, 0.4) is 0 Å². The van der Waals surface area contributed by atoms with Gasteiger partial charge in [-0.1, -0.05) is 40.5 Å². The van der Waals surface area contributed by atoms with E-state index >= 15 is 0 Å². The maximum Gasteiger partial charge on any atom is 0.192 e. The highest BCUT2D eigenvalue weighted by Crippen LogP contribution is 2.51. The second kappa shape index (κ2) is 6.02. The maximum absolute atomic E-state index is 6.70. The first kappa shape index (κ1) is 16.8. The van der Waals surface area contributed by atoms with Gasteiger partial charge in [0.25, 0.3) is 0 Å². The summed E-state index contributed by atoms with van der Waals surface area (Å²) in [6, 6.07) is 0. The van der Waals surface area contributed by atoms with Crippen molar-refractivity contribution in [3.8, 4) is 12.3 Å². The summed E-state index contributed by atoms with van der Waals surface area (Å²) in [5, 5.41) is 0.261. The molecule has 1 rings (SSSR count). The molecule has 0 aromatic carbocycles. The zero-order chi connectivity index (χ0) is 14.7. The van der Waals surface area contributed by atoms with Gasteiger partial charge in [-0.2, -0.15) is 0 Å². The van der Waals surface area contributed by atoms with E-state index in [1.165, 1.54) is 32.1 Å². The zero-order valence-electron chi connectivity index (χ0n) is 13.8. The quantitative estimate of drug-likeness (QED) is 0.469. The van der Waals surface area contributed by atoms with Crippen LogP contribution in [0.15, 0.2) is 0 Å². The molecular weight excluding hydrogens is 248 g/mol. The van der Waals surface area contributed by atoms with Gasteiger partial charge in [0.2, 0.25) is 0 Å². The Balaban J connectivity index is 2.87. The minimum Gasteiger partial charge on any atom is -0.412 e. The van der Waals surface area contributed by atoms with Crippen molar-refractivity contribution in [3.63, 3.8) is 0 Å². The largest absolute Gasteiger partial charge is 0.412 e. The average Bonchev–Trinajstić information content (AvgIpc) is 2.21. The molecule has 0 radical (unpaired) electrons. The Morgan fingerprint density at radius 1 is 1.32 bits per heavy atom. The lowest BCUT2D eigenvalue weighted by atomic mass is 9.62. The summed E-state index contributed by atoms with van der Waals surface area (Å²) in [5.74, 6) is 2.87. The first-order chi connectivity index (χ1) is 8.68. The predicted molar refractivity (Wildman–Crippen MR) is 86.7 cm³/mol. The molecule has 1 aliphatic carbocycles. The number of terminal acetylenes is 1. The smallest absolute Gasteiger partial charge is 0.192 e. The van der Waals surface area contributed by atoms with Crippen LogP contribution in [0.4, 0.5) is 0 Å². The molecule has 0 heterocycles. The zero-order valence-corrected chi connectivity index (χ0v) is 14.8. The van der Waals surface area contributed by atoms with E-state index in [0.717, 1.165) is 6.42 Å². The summed E-state index contributed by atoms with van der Waals surface area (Å²) in [6.45, 7) is 13.9. The van der Waals surface area contributed by atoms with E-state index in [1.54, 1.807) is 0 Å². The Morgan fingerprint density at radius 3 is 2.21 bits per heavy atom. The van der Waals surface area contributed by atoms with E-state index < -0.39 is 8.32 Å². The van der Waals surface area contributed by atoms with Crippen molar-refractivity contribution in [1.82, 2.24) is 0 Å². The van der Waals surface area contributed by atoms with Crippen molar-refractivity contribution >= 4 is 8.32 Å². The van der Waals surface area contributed by atoms with Crippen LogP contribution in [0.25, 0.3) is 0 Å². The Bertz CT molecular complexity index is 328. The molecular formula is C17H32OSi. The third kappa shape index (κ3) is 3.64. The normalized spacial score (nSPS) is 20.5. The second-order valence-electron chi connectivity index (χ2n) is 7.74. The molecule has 1 nitrogen and oxygen atoms in total. The van der Waals surface area contributed by atoms with Crippen molar-refractivity contribution in [2.75, 3.05) is 0 Å². The topological polar surface area (TPSA) is 9.23 Å². The molecule has 1 saturated carbocycles. The van der Waals surface area contributed by atoms with Gasteiger partial charge in [-0.05, 0) is 42.8 Å². The standard InChI is InChI=1S/C17H32OSi/c1-8-11-15(17(12-9-2)13-10-14-17)18-19(6,7)16(3,4)5/h1,15H,9-14H2,2-7H3/t15-/m0/s1. The van der Waals surface area contributed by atoms with Gasteiger partial charge >= 0.3 is 0 Å². The monoisotopic (exact) mass is 280 g/mol. The van der Waals surface area contributed by atoms with Crippen LogP contribution >= 0.6 is 0 Å². The molecule has 1 atom stereocenters. The van der Waals surface area contributed by atoms with Crippen LogP contribution in [-0.2, 0) is 4.43 Å². The van der Waals surface area contributed by atoms with Crippen molar-refractivity contribution < 1.29 is 4.43 Å². The highest BCUT2D eigenvalue weighted by Gasteiger charge is 2.48. The number of hydrogen-bond donors (Lipinski definition) is 0. The van der Waals surface area contributed by atoms with Crippen LogP contribution in [-0.4, -0.2) is 14.4 Å². The average molecular weight is 281 g/mol. The highest BCUT2D eigenvalue weighted by molar-refractivity contribution is 6.74. The van der Waals surface area contributed by atoms with Crippen molar-refractivity contribution in [1.29, 1.82) is 0 Å². The summed E-state index contributed by atoms with van der Waals surface area (Å²) in [4.78, 5) is 0. The Labute approximate surface area is 121 Å².